The van der Waals surface area contributed by atoms with E-state index in [1.165, 1.54) is 6.42 Å². The number of imide groups is 1. The summed E-state index contributed by atoms with van der Waals surface area (Å²) in [6.07, 6.45) is 4.44. The SMILES string of the molecule is CC1CCCCC1NC(=O)NC(=O)CNC(c1ccccc1)c1ccccc1. The van der Waals surface area contributed by atoms with E-state index in [2.05, 4.69) is 22.9 Å². The van der Waals surface area contributed by atoms with Crippen LogP contribution in [0.25, 0.3) is 0 Å². The van der Waals surface area contributed by atoms with Crippen molar-refractivity contribution in [2.24, 2.45) is 5.92 Å². The van der Waals surface area contributed by atoms with E-state index in [1.807, 2.05) is 60.7 Å². The minimum Gasteiger partial charge on any atom is -0.335 e. The highest BCUT2D eigenvalue weighted by molar-refractivity contribution is 5.95. The summed E-state index contributed by atoms with van der Waals surface area (Å²) in [5, 5.41) is 8.68. The first-order chi connectivity index (χ1) is 13.6. The molecule has 0 saturated heterocycles. The zero-order valence-corrected chi connectivity index (χ0v) is 16.4. The van der Waals surface area contributed by atoms with Crippen LogP contribution in [0.3, 0.4) is 0 Å². The number of urea groups is 1. The van der Waals surface area contributed by atoms with Gasteiger partial charge in [0.2, 0.25) is 5.91 Å². The summed E-state index contributed by atoms with van der Waals surface area (Å²) in [5.74, 6) is 0.117. The predicted octanol–water partition coefficient (Wildman–Crippen LogP) is 3.77. The minimum absolute atomic E-state index is 0.0576. The van der Waals surface area contributed by atoms with Crippen LogP contribution in [0.1, 0.15) is 49.8 Å². The van der Waals surface area contributed by atoms with Crippen LogP contribution in [-0.4, -0.2) is 24.5 Å². The highest BCUT2D eigenvalue weighted by atomic mass is 16.2. The smallest absolute Gasteiger partial charge is 0.321 e. The average Bonchev–Trinajstić information content (AvgIpc) is 2.71. The summed E-state index contributed by atoms with van der Waals surface area (Å²) in [4.78, 5) is 24.5. The lowest BCUT2D eigenvalue weighted by molar-refractivity contribution is -0.119. The molecule has 3 N–H and O–H groups in total. The summed E-state index contributed by atoms with van der Waals surface area (Å²) < 4.78 is 0. The molecule has 5 heteroatoms. The highest BCUT2D eigenvalue weighted by Gasteiger charge is 2.23. The van der Waals surface area contributed by atoms with Gasteiger partial charge in [0.05, 0.1) is 12.6 Å². The summed E-state index contributed by atoms with van der Waals surface area (Å²) in [6.45, 7) is 2.21. The zero-order chi connectivity index (χ0) is 19.8. The molecule has 0 spiro atoms. The molecule has 1 fully saturated rings. The molecule has 5 nitrogen and oxygen atoms in total. The average molecular weight is 380 g/mol. The van der Waals surface area contributed by atoms with E-state index < -0.39 is 6.03 Å². The molecule has 2 unspecified atom stereocenters. The monoisotopic (exact) mass is 379 g/mol. The van der Waals surface area contributed by atoms with Crippen LogP contribution >= 0.6 is 0 Å². The Labute approximate surface area is 166 Å². The largest absolute Gasteiger partial charge is 0.335 e. The molecule has 2 aromatic rings. The lowest BCUT2D eigenvalue weighted by atomic mass is 9.86. The van der Waals surface area contributed by atoms with Gasteiger partial charge in [-0.05, 0) is 29.9 Å². The van der Waals surface area contributed by atoms with E-state index in [1.54, 1.807) is 0 Å². The number of nitrogens with one attached hydrogen (secondary N) is 3. The second-order valence-electron chi connectivity index (χ2n) is 7.53. The van der Waals surface area contributed by atoms with Crippen LogP contribution in [0.15, 0.2) is 60.7 Å². The third-order valence-electron chi connectivity index (χ3n) is 5.41. The van der Waals surface area contributed by atoms with Crippen LogP contribution in [0, 0.1) is 5.92 Å². The van der Waals surface area contributed by atoms with E-state index in [0.717, 1.165) is 30.4 Å². The molecule has 2 aromatic carbocycles. The van der Waals surface area contributed by atoms with E-state index >= 15 is 0 Å². The summed E-state index contributed by atoms with van der Waals surface area (Å²) in [5.41, 5.74) is 2.14. The number of carbonyl (C=O) groups excluding carboxylic acids is 2. The van der Waals surface area contributed by atoms with Crippen molar-refractivity contribution in [2.75, 3.05) is 6.54 Å². The molecule has 0 bridgehead atoms. The maximum absolute atomic E-state index is 12.3. The molecule has 28 heavy (non-hydrogen) atoms. The van der Waals surface area contributed by atoms with E-state index in [4.69, 9.17) is 0 Å². The topological polar surface area (TPSA) is 70.2 Å². The van der Waals surface area contributed by atoms with Crippen LogP contribution in [0.5, 0.6) is 0 Å². The van der Waals surface area contributed by atoms with Gasteiger partial charge >= 0.3 is 6.03 Å². The molecule has 1 aliphatic carbocycles. The predicted molar refractivity (Wildman–Crippen MR) is 111 cm³/mol. The van der Waals surface area contributed by atoms with E-state index in [0.29, 0.717) is 5.92 Å². The van der Waals surface area contributed by atoms with Gasteiger partial charge in [0.1, 0.15) is 0 Å². The first-order valence-electron chi connectivity index (χ1n) is 10.1. The Morgan fingerprint density at radius 3 is 2.07 bits per heavy atom. The first kappa shape index (κ1) is 20.1. The fourth-order valence-corrected chi connectivity index (χ4v) is 3.82. The molecule has 1 saturated carbocycles. The fourth-order valence-electron chi connectivity index (χ4n) is 3.82. The van der Waals surface area contributed by atoms with Crippen molar-refractivity contribution in [2.45, 2.75) is 44.7 Å². The van der Waals surface area contributed by atoms with Crippen molar-refractivity contribution < 1.29 is 9.59 Å². The van der Waals surface area contributed by atoms with Crippen LogP contribution in [0.4, 0.5) is 4.79 Å². The second-order valence-corrected chi connectivity index (χ2v) is 7.53. The molecular weight excluding hydrogens is 350 g/mol. The maximum atomic E-state index is 12.3. The van der Waals surface area contributed by atoms with Gasteiger partial charge in [-0.2, -0.15) is 0 Å². The number of rotatable bonds is 6. The van der Waals surface area contributed by atoms with Gasteiger partial charge in [-0.15, -0.1) is 0 Å². The molecule has 148 valence electrons. The van der Waals surface area contributed by atoms with Crippen molar-refractivity contribution in [3.05, 3.63) is 71.8 Å². The number of benzene rings is 2. The molecule has 0 aromatic heterocycles. The summed E-state index contributed by atoms with van der Waals surface area (Å²) >= 11 is 0. The molecule has 1 aliphatic rings. The lowest BCUT2D eigenvalue weighted by Gasteiger charge is -2.29. The van der Waals surface area contributed by atoms with Gasteiger partial charge in [0, 0.05) is 6.04 Å². The van der Waals surface area contributed by atoms with Crippen molar-refractivity contribution in [3.63, 3.8) is 0 Å². The minimum atomic E-state index is -0.401. The second kappa shape index (κ2) is 10.0. The molecule has 3 amide bonds. The number of amides is 3. The lowest BCUT2D eigenvalue weighted by Crippen LogP contribution is -2.49. The molecule has 0 aliphatic heterocycles. The van der Waals surface area contributed by atoms with Gasteiger partial charge in [-0.3, -0.25) is 15.4 Å². The number of hydrogen-bond acceptors (Lipinski definition) is 3. The van der Waals surface area contributed by atoms with Crippen LogP contribution in [-0.2, 0) is 4.79 Å². The van der Waals surface area contributed by atoms with Gasteiger partial charge in [0.15, 0.2) is 0 Å². The van der Waals surface area contributed by atoms with Crippen molar-refractivity contribution in [3.8, 4) is 0 Å². The number of carbonyl (C=O) groups is 2. The van der Waals surface area contributed by atoms with Crippen molar-refractivity contribution in [1.29, 1.82) is 0 Å². The quantitative estimate of drug-likeness (QED) is 0.715. The Kier molecular flexibility index (Phi) is 7.20. The Hall–Kier alpha value is -2.66. The Balaban J connectivity index is 1.55. The molecular formula is C23H29N3O2. The zero-order valence-electron chi connectivity index (χ0n) is 16.4. The normalized spacial score (nSPS) is 19.2. The van der Waals surface area contributed by atoms with Crippen LogP contribution in [0.2, 0.25) is 0 Å². The summed E-state index contributed by atoms with van der Waals surface area (Å²) in [6, 6.07) is 19.6. The third-order valence-corrected chi connectivity index (χ3v) is 5.41. The third kappa shape index (κ3) is 5.67. The van der Waals surface area contributed by atoms with Crippen molar-refractivity contribution in [1.82, 2.24) is 16.0 Å². The van der Waals surface area contributed by atoms with Gasteiger partial charge in [-0.1, -0.05) is 80.4 Å². The molecule has 0 heterocycles. The summed E-state index contributed by atoms with van der Waals surface area (Å²) in [7, 11) is 0. The molecule has 2 atom stereocenters. The van der Waals surface area contributed by atoms with Crippen LogP contribution < -0.4 is 16.0 Å². The molecule has 0 radical (unpaired) electrons. The molecule has 3 rings (SSSR count). The first-order valence-corrected chi connectivity index (χ1v) is 10.1. The maximum Gasteiger partial charge on any atom is 0.321 e. The standard InChI is InChI=1S/C23H29N3O2/c1-17-10-8-9-15-20(17)25-23(28)26-21(27)16-24-22(18-11-4-2-5-12-18)19-13-6-3-7-14-19/h2-7,11-14,17,20,22,24H,8-10,15-16H2,1H3,(H2,25,26,27,28). The van der Waals surface area contributed by atoms with Crippen molar-refractivity contribution >= 4 is 11.9 Å². The Bertz CT molecular complexity index is 724. The van der Waals surface area contributed by atoms with Gasteiger partial charge in [-0.25, -0.2) is 4.79 Å². The van der Waals surface area contributed by atoms with E-state index in [9.17, 15) is 9.59 Å². The Morgan fingerprint density at radius 1 is 0.929 bits per heavy atom. The van der Waals surface area contributed by atoms with E-state index in [-0.39, 0.29) is 24.5 Å². The fraction of sp³-hybridized carbons (Fsp3) is 0.391. The number of hydrogen-bond donors (Lipinski definition) is 3. The van der Waals surface area contributed by atoms with Gasteiger partial charge in [0.25, 0.3) is 0 Å². The Morgan fingerprint density at radius 2 is 1.50 bits per heavy atom. The van der Waals surface area contributed by atoms with Gasteiger partial charge < -0.3 is 5.32 Å². The highest BCUT2D eigenvalue weighted by Crippen LogP contribution is 2.23.